The molecule has 3 rings (SSSR count). The maximum atomic E-state index is 11.5. The van der Waals surface area contributed by atoms with Gasteiger partial charge in [0.05, 0.1) is 11.7 Å². The number of aromatic nitrogens is 2. The van der Waals surface area contributed by atoms with Gasteiger partial charge in [-0.1, -0.05) is 30.3 Å². The van der Waals surface area contributed by atoms with Gasteiger partial charge in [-0.05, 0) is 23.3 Å². The molecule has 1 N–H and O–H groups in total. The zero-order chi connectivity index (χ0) is 15.0. The molecule has 3 aromatic rings. The van der Waals surface area contributed by atoms with Crippen LogP contribution in [-0.2, 0) is 11.8 Å². The molecule has 5 heteroatoms. The molecule has 0 bridgehead atoms. The normalized spacial score (nSPS) is 10.7. The molecule has 0 saturated carbocycles. The number of aliphatic carboxylic acids is 1. The Kier molecular flexibility index (Phi) is 3.02. The quantitative estimate of drug-likeness (QED) is 0.591. The smallest absolute Gasteiger partial charge is 0.377 e. The Morgan fingerprint density at radius 1 is 1.10 bits per heavy atom. The van der Waals surface area contributed by atoms with E-state index in [4.69, 9.17) is 5.11 Å². The molecule has 0 aliphatic rings. The number of hydrogen-bond donors (Lipinski definition) is 1. The van der Waals surface area contributed by atoms with Crippen molar-refractivity contribution in [3.8, 4) is 11.1 Å². The van der Waals surface area contributed by atoms with Gasteiger partial charge < -0.3 is 5.11 Å². The summed E-state index contributed by atoms with van der Waals surface area (Å²) in [4.78, 5) is 22.3. The first-order valence-corrected chi connectivity index (χ1v) is 6.36. The molecule has 1 aromatic heterocycles. The first-order valence-electron chi connectivity index (χ1n) is 6.36. The zero-order valence-corrected chi connectivity index (χ0v) is 11.3. The lowest BCUT2D eigenvalue weighted by molar-refractivity contribution is -0.131. The van der Waals surface area contributed by atoms with Crippen LogP contribution in [0.15, 0.2) is 48.7 Å². The third-order valence-electron chi connectivity index (χ3n) is 3.40. The number of benzene rings is 2. The van der Waals surface area contributed by atoms with E-state index in [1.807, 2.05) is 31.3 Å². The minimum absolute atomic E-state index is 0.171. The number of aryl methyl sites for hydroxylation is 1. The molecule has 1 heterocycles. The van der Waals surface area contributed by atoms with Crippen LogP contribution in [0.5, 0.6) is 0 Å². The van der Waals surface area contributed by atoms with Crippen LogP contribution in [0.1, 0.15) is 10.4 Å². The van der Waals surface area contributed by atoms with E-state index in [1.54, 1.807) is 23.0 Å². The molecule has 0 fully saturated rings. The van der Waals surface area contributed by atoms with Crippen LogP contribution in [0.3, 0.4) is 0 Å². The van der Waals surface area contributed by atoms with Gasteiger partial charge in [0.15, 0.2) is 0 Å². The summed E-state index contributed by atoms with van der Waals surface area (Å²) in [5.74, 6) is -2.35. The molecule has 0 saturated heterocycles. The van der Waals surface area contributed by atoms with Gasteiger partial charge in [-0.15, -0.1) is 0 Å². The molecular weight excluding hydrogens is 268 g/mol. The van der Waals surface area contributed by atoms with E-state index in [-0.39, 0.29) is 5.56 Å². The molecule has 0 spiro atoms. The average molecular weight is 280 g/mol. The predicted molar refractivity (Wildman–Crippen MR) is 78.1 cm³/mol. The van der Waals surface area contributed by atoms with Crippen molar-refractivity contribution in [3.05, 3.63) is 54.2 Å². The number of fused-ring (bicyclic) bond motifs is 1. The van der Waals surface area contributed by atoms with Gasteiger partial charge in [-0.3, -0.25) is 9.48 Å². The van der Waals surface area contributed by atoms with Crippen molar-refractivity contribution in [1.82, 2.24) is 9.78 Å². The number of carbonyl (C=O) groups is 2. The summed E-state index contributed by atoms with van der Waals surface area (Å²) in [5.41, 5.74) is 2.85. The Balaban J connectivity index is 2.10. The Morgan fingerprint density at radius 2 is 1.86 bits per heavy atom. The molecule has 0 aliphatic carbocycles. The number of ketones is 1. The van der Waals surface area contributed by atoms with Crippen LogP contribution in [0.2, 0.25) is 0 Å². The number of carbonyl (C=O) groups excluding carboxylic acids is 1. The lowest BCUT2D eigenvalue weighted by Gasteiger charge is -2.05. The third kappa shape index (κ3) is 2.29. The lowest BCUT2D eigenvalue weighted by Crippen LogP contribution is -2.12. The standard InChI is InChI=1S/C16H12N2O3/c1-18-14-8-11(5-6-13(14)9-17-18)10-3-2-4-12(7-10)15(19)16(20)21/h2-9H,1H3,(H,20,21). The van der Waals surface area contributed by atoms with Crippen molar-refractivity contribution < 1.29 is 14.7 Å². The molecule has 0 amide bonds. The third-order valence-corrected chi connectivity index (χ3v) is 3.40. The van der Waals surface area contributed by atoms with Gasteiger partial charge in [0, 0.05) is 18.0 Å². The fourth-order valence-electron chi connectivity index (χ4n) is 2.29. The van der Waals surface area contributed by atoms with Crippen molar-refractivity contribution in [2.45, 2.75) is 0 Å². The van der Waals surface area contributed by atoms with Gasteiger partial charge in [-0.25, -0.2) is 4.79 Å². The molecule has 0 radical (unpaired) electrons. The fraction of sp³-hybridized carbons (Fsp3) is 0.0625. The molecule has 2 aromatic carbocycles. The fourth-order valence-corrected chi connectivity index (χ4v) is 2.29. The molecule has 0 aliphatic heterocycles. The highest BCUT2D eigenvalue weighted by Crippen LogP contribution is 2.25. The topological polar surface area (TPSA) is 72.2 Å². The van der Waals surface area contributed by atoms with Gasteiger partial charge in [-0.2, -0.15) is 5.10 Å². The zero-order valence-electron chi connectivity index (χ0n) is 11.3. The summed E-state index contributed by atoms with van der Waals surface area (Å²) >= 11 is 0. The van der Waals surface area contributed by atoms with Crippen LogP contribution in [0.4, 0.5) is 0 Å². The maximum absolute atomic E-state index is 11.5. The highest BCUT2D eigenvalue weighted by Gasteiger charge is 2.15. The van der Waals surface area contributed by atoms with Crippen LogP contribution in [0.25, 0.3) is 22.0 Å². The summed E-state index contributed by atoms with van der Waals surface area (Å²) in [5, 5.41) is 14.0. The monoisotopic (exact) mass is 280 g/mol. The van der Waals surface area contributed by atoms with E-state index in [0.717, 1.165) is 22.0 Å². The molecule has 0 unspecified atom stereocenters. The number of carboxylic acid groups (broad SMARTS) is 1. The number of rotatable bonds is 3. The van der Waals surface area contributed by atoms with Gasteiger partial charge in [0.2, 0.25) is 0 Å². The number of carboxylic acids is 1. The first kappa shape index (κ1) is 13.1. The maximum Gasteiger partial charge on any atom is 0.377 e. The van der Waals surface area contributed by atoms with E-state index in [2.05, 4.69) is 5.10 Å². The Morgan fingerprint density at radius 3 is 2.62 bits per heavy atom. The summed E-state index contributed by atoms with van der Waals surface area (Å²) in [6.45, 7) is 0. The first-order chi connectivity index (χ1) is 10.1. The average Bonchev–Trinajstić information content (AvgIpc) is 2.87. The lowest BCUT2D eigenvalue weighted by atomic mass is 10.0. The molecule has 5 nitrogen and oxygen atoms in total. The van der Waals surface area contributed by atoms with Crippen LogP contribution in [0, 0.1) is 0 Å². The minimum atomic E-state index is -1.45. The highest BCUT2D eigenvalue weighted by molar-refractivity contribution is 6.40. The van der Waals surface area contributed by atoms with Crippen LogP contribution < -0.4 is 0 Å². The van der Waals surface area contributed by atoms with Gasteiger partial charge >= 0.3 is 5.97 Å². The van der Waals surface area contributed by atoms with Crippen LogP contribution in [-0.4, -0.2) is 26.6 Å². The van der Waals surface area contributed by atoms with Crippen LogP contribution >= 0.6 is 0 Å². The number of hydrogen-bond acceptors (Lipinski definition) is 3. The summed E-state index contributed by atoms with van der Waals surface area (Å²) in [7, 11) is 1.86. The number of Topliss-reactive ketones (excluding diaryl/α,β-unsaturated/α-hetero) is 1. The SMILES string of the molecule is Cn1ncc2ccc(-c3cccc(C(=O)C(=O)O)c3)cc21. The number of nitrogens with zero attached hydrogens (tertiary/aromatic N) is 2. The van der Waals surface area contributed by atoms with Crippen molar-refractivity contribution in [3.63, 3.8) is 0 Å². The Hall–Kier alpha value is -2.95. The van der Waals surface area contributed by atoms with Crippen molar-refractivity contribution in [2.75, 3.05) is 0 Å². The van der Waals surface area contributed by atoms with E-state index in [9.17, 15) is 9.59 Å². The van der Waals surface area contributed by atoms with E-state index in [1.165, 1.54) is 6.07 Å². The minimum Gasteiger partial charge on any atom is -0.475 e. The highest BCUT2D eigenvalue weighted by atomic mass is 16.4. The van der Waals surface area contributed by atoms with E-state index in [0.29, 0.717) is 0 Å². The molecular formula is C16H12N2O3. The van der Waals surface area contributed by atoms with Crippen molar-refractivity contribution >= 4 is 22.7 Å². The van der Waals surface area contributed by atoms with Gasteiger partial charge in [0.1, 0.15) is 0 Å². The second-order valence-electron chi connectivity index (χ2n) is 4.76. The summed E-state index contributed by atoms with van der Waals surface area (Å²) in [6, 6.07) is 12.5. The second-order valence-corrected chi connectivity index (χ2v) is 4.76. The predicted octanol–water partition coefficient (Wildman–Crippen LogP) is 2.51. The largest absolute Gasteiger partial charge is 0.475 e. The van der Waals surface area contributed by atoms with Crippen molar-refractivity contribution in [1.29, 1.82) is 0 Å². The van der Waals surface area contributed by atoms with Crippen molar-refractivity contribution in [2.24, 2.45) is 7.05 Å². The molecule has 104 valence electrons. The summed E-state index contributed by atoms with van der Waals surface area (Å²) in [6.07, 6.45) is 1.78. The second kappa shape index (κ2) is 4.86. The molecule has 21 heavy (non-hydrogen) atoms. The Labute approximate surface area is 120 Å². The molecule has 0 atom stereocenters. The Bertz CT molecular complexity index is 865. The van der Waals surface area contributed by atoms with E-state index < -0.39 is 11.8 Å². The van der Waals surface area contributed by atoms with E-state index >= 15 is 0 Å². The van der Waals surface area contributed by atoms with Gasteiger partial charge in [0.25, 0.3) is 5.78 Å². The summed E-state index contributed by atoms with van der Waals surface area (Å²) < 4.78 is 1.77.